The molecule has 5 nitrogen and oxygen atoms in total. The van der Waals surface area contributed by atoms with Gasteiger partial charge in [-0.05, 0) is 6.07 Å². The van der Waals surface area contributed by atoms with Crippen molar-refractivity contribution < 1.29 is 5.11 Å². The number of benzene rings is 1. The van der Waals surface area contributed by atoms with Gasteiger partial charge in [0.15, 0.2) is 0 Å². The minimum absolute atomic E-state index is 0.0572. The maximum atomic E-state index is 11.4. The molecule has 0 saturated heterocycles. The van der Waals surface area contributed by atoms with Crippen molar-refractivity contribution in [2.45, 2.75) is 6.54 Å². The SMILES string of the molecule is O=c1cc[nH]c(=O)n1Cc1ccccc1O. The van der Waals surface area contributed by atoms with Crippen LogP contribution in [0.15, 0.2) is 46.1 Å². The first-order valence-electron chi connectivity index (χ1n) is 4.74. The Labute approximate surface area is 90.6 Å². The fourth-order valence-electron chi connectivity index (χ4n) is 1.42. The minimum Gasteiger partial charge on any atom is -0.508 e. The first-order chi connectivity index (χ1) is 7.68. The molecule has 2 aromatic rings. The Morgan fingerprint density at radius 1 is 1.19 bits per heavy atom. The molecule has 0 atom stereocenters. The molecule has 0 aliphatic rings. The Bertz CT molecular complexity index is 585. The molecule has 1 aromatic carbocycles. The van der Waals surface area contributed by atoms with Crippen LogP contribution in [-0.4, -0.2) is 14.7 Å². The number of aromatic nitrogens is 2. The van der Waals surface area contributed by atoms with E-state index < -0.39 is 11.2 Å². The van der Waals surface area contributed by atoms with Crippen molar-refractivity contribution in [1.82, 2.24) is 9.55 Å². The number of rotatable bonds is 2. The first-order valence-corrected chi connectivity index (χ1v) is 4.74. The molecule has 0 unspecified atom stereocenters. The van der Waals surface area contributed by atoms with Gasteiger partial charge in [-0.1, -0.05) is 18.2 Å². The molecular formula is C11H10N2O3. The molecule has 1 aromatic heterocycles. The van der Waals surface area contributed by atoms with Crippen molar-refractivity contribution in [3.8, 4) is 5.75 Å². The van der Waals surface area contributed by atoms with Crippen molar-refractivity contribution in [1.29, 1.82) is 0 Å². The van der Waals surface area contributed by atoms with Crippen molar-refractivity contribution in [3.05, 3.63) is 62.9 Å². The van der Waals surface area contributed by atoms with Gasteiger partial charge in [0.05, 0.1) is 6.54 Å². The van der Waals surface area contributed by atoms with Gasteiger partial charge in [-0.3, -0.25) is 9.36 Å². The average molecular weight is 218 g/mol. The summed E-state index contributed by atoms with van der Waals surface area (Å²) in [6, 6.07) is 7.85. The fourth-order valence-corrected chi connectivity index (χ4v) is 1.42. The Hall–Kier alpha value is -2.30. The van der Waals surface area contributed by atoms with E-state index in [4.69, 9.17) is 0 Å². The molecule has 0 fully saturated rings. The number of H-pyrrole nitrogens is 1. The van der Waals surface area contributed by atoms with E-state index in [0.29, 0.717) is 5.56 Å². The molecule has 0 bridgehead atoms. The second-order valence-corrected chi connectivity index (χ2v) is 3.34. The van der Waals surface area contributed by atoms with Gasteiger partial charge in [0.2, 0.25) is 0 Å². The summed E-state index contributed by atoms with van der Waals surface area (Å²) in [5.41, 5.74) is -0.357. The maximum absolute atomic E-state index is 11.4. The van der Waals surface area contributed by atoms with Crippen LogP contribution in [-0.2, 0) is 6.54 Å². The zero-order valence-corrected chi connectivity index (χ0v) is 8.38. The molecule has 1 heterocycles. The number of nitrogens with zero attached hydrogens (tertiary/aromatic N) is 1. The molecule has 0 radical (unpaired) electrons. The van der Waals surface area contributed by atoms with Gasteiger partial charge in [-0.15, -0.1) is 0 Å². The van der Waals surface area contributed by atoms with E-state index in [1.54, 1.807) is 18.2 Å². The second-order valence-electron chi connectivity index (χ2n) is 3.34. The Balaban J connectivity index is 2.46. The summed E-state index contributed by atoms with van der Waals surface area (Å²) in [4.78, 5) is 25.2. The monoisotopic (exact) mass is 218 g/mol. The molecule has 2 rings (SSSR count). The lowest BCUT2D eigenvalue weighted by Crippen LogP contribution is -2.34. The van der Waals surface area contributed by atoms with Crippen LogP contribution in [0.4, 0.5) is 0 Å². The third-order valence-corrected chi connectivity index (χ3v) is 2.26. The summed E-state index contributed by atoms with van der Waals surface area (Å²) in [5, 5.41) is 9.53. The van der Waals surface area contributed by atoms with Crippen molar-refractivity contribution in [3.63, 3.8) is 0 Å². The zero-order valence-electron chi connectivity index (χ0n) is 8.38. The largest absolute Gasteiger partial charge is 0.508 e. The minimum atomic E-state index is -0.490. The maximum Gasteiger partial charge on any atom is 0.328 e. The number of nitrogens with one attached hydrogen (secondary N) is 1. The van der Waals surface area contributed by atoms with Crippen molar-refractivity contribution in [2.75, 3.05) is 0 Å². The van der Waals surface area contributed by atoms with E-state index >= 15 is 0 Å². The third kappa shape index (κ3) is 1.88. The molecule has 0 spiro atoms. The molecule has 82 valence electrons. The van der Waals surface area contributed by atoms with Gasteiger partial charge in [0, 0.05) is 17.8 Å². The topological polar surface area (TPSA) is 75.1 Å². The predicted molar refractivity (Wildman–Crippen MR) is 58.5 cm³/mol. The number of para-hydroxylation sites is 1. The number of hydrogen-bond donors (Lipinski definition) is 2. The number of hydrogen-bond acceptors (Lipinski definition) is 3. The molecule has 2 N–H and O–H groups in total. The highest BCUT2D eigenvalue weighted by atomic mass is 16.3. The van der Waals surface area contributed by atoms with Gasteiger partial charge in [0.1, 0.15) is 5.75 Å². The highest BCUT2D eigenvalue weighted by molar-refractivity contribution is 5.31. The zero-order chi connectivity index (χ0) is 11.5. The van der Waals surface area contributed by atoms with Crippen LogP contribution in [0.5, 0.6) is 5.75 Å². The molecule has 0 aliphatic heterocycles. The second kappa shape index (κ2) is 4.06. The van der Waals surface area contributed by atoms with E-state index in [9.17, 15) is 14.7 Å². The molecule has 0 saturated carbocycles. The Kier molecular flexibility index (Phi) is 2.59. The van der Waals surface area contributed by atoms with Crippen LogP contribution < -0.4 is 11.2 Å². The summed E-state index contributed by atoms with van der Waals surface area (Å²) in [6.07, 6.45) is 1.30. The van der Waals surface area contributed by atoms with Gasteiger partial charge in [-0.2, -0.15) is 0 Å². The van der Waals surface area contributed by atoms with Crippen LogP contribution in [0, 0.1) is 0 Å². The summed E-state index contributed by atoms with van der Waals surface area (Å²) in [6.45, 7) is 0.0572. The van der Waals surface area contributed by atoms with Crippen LogP contribution in [0.3, 0.4) is 0 Å². The molecule has 0 aliphatic carbocycles. The lowest BCUT2D eigenvalue weighted by atomic mass is 10.2. The summed E-state index contributed by atoms with van der Waals surface area (Å²) in [5.74, 6) is 0.0673. The van der Waals surface area contributed by atoms with Gasteiger partial charge in [-0.25, -0.2) is 4.79 Å². The smallest absolute Gasteiger partial charge is 0.328 e. The van der Waals surface area contributed by atoms with E-state index in [2.05, 4.69) is 4.98 Å². The highest BCUT2D eigenvalue weighted by Crippen LogP contribution is 2.15. The molecule has 5 heteroatoms. The molecular weight excluding hydrogens is 208 g/mol. The number of aromatic hydroxyl groups is 1. The van der Waals surface area contributed by atoms with Crippen LogP contribution >= 0.6 is 0 Å². The summed E-state index contributed by atoms with van der Waals surface area (Å²) in [7, 11) is 0. The summed E-state index contributed by atoms with van der Waals surface area (Å²) >= 11 is 0. The number of aromatic amines is 1. The third-order valence-electron chi connectivity index (χ3n) is 2.26. The average Bonchev–Trinajstić information content (AvgIpc) is 2.26. The quantitative estimate of drug-likeness (QED) is 0.760. The fraction of sp³-hybridized carbons (Fsp3) is 0.0909. The van der Waals surface area contributed by atoms with Crippen LogP contribution in [0.1, 0.15) is 5.56 Å². The summed E-state index contributed by atoms with van der Waals surface area (Å²) < 4.78 is 1.02. The van der Waals surface area contributed by atoms with E-state index in [0.717, 1.165) is 4.57 Å². The van der Waals surface area contributed by atoms with E-state index in [1.807, 2.05) is 0 Å². The van der Waals surface area contributed by atoms with Gasteiger partial charge in [0.25, 0.3) is 5.56 Å². The lowest BCUT2D eigenvalue weighted by molar-refractivity contribution is 0.464. The van der Waals surface area contributed by atoms with Crippen molar-refractivity contribution in [2.24, 2.45) is 0 Å². The van der Waals surface area contributed by atoms with Crippen LogP contribution in [0.25, 0.3) is 0 Å². The first kappa shape index (κ1) is 10.2. The normalized spacial score (nSPS) is 10.2. The van der Waals surface area contributed by atoms with E-state index in [-0.39, 0.29) is 12.3 Å². The lowest BCUT2D eigenvalue weighted by Gasteiger charge is -2.05. The standard InChI is InChI=1S/C11H10N2O3/c14-9-4-2-1-3-8(9)7-13-10(15)5-6-12-11(13)16/h1-6,14H,7H2,(H,12,16). The van der Waals surface area contributed by atoms with Crippen molar-refractivity contribution >= 4 is 0 Å². The Morgan fingerprint density at radius 2 is 1.94 bits per heavy atom. The van der Waals surface area contributed by atoms with Crippen LogP contribution in [0.2, 0.25) is 0 Å². The molecule has 16 heavy (non-hydrogen) atoms. The predicted octanol–water partition coefficient (Wildman–Crippen LogP) is 0.290. The molecule has 0 amide bonds. The Morgan fingerprint density at radius 3 is 2.62 bits per heavy atom. The number of phenols is 1. The van der Waals surface area contributed by atoms with Gasteiger partial charge >= 0.3 is 5.69 Å². The highest BCUT2D eigenvalue weighted by Gasteiger charge is 2.04. The number of phenolic OH excluding ortho intramolecular Hbond substituents is 1. The van der Waals surface area contributed by atoms with E-state index in [1.165, 1.54) is 18.3 Å². The van der Waals surface area contributed by atoms with Gasteiger partial charge < -0.3 is 10.1 Å².